The molecule has 2 aliphatic heterocycles. The quantitative estimate of drug-likeness (QED) is 0.501. The summed E-state index contributed by atoms with van der Waals surface area (Å²) in [5.74, 6) is 1.23. The predicted octanol–water partition coefficient (Wildman–Crippen LogP) is 5.20. The van der Waals surface area contributed by atoms with Gasteiger partial charge in [-0.15, -0.1) is 0 Å². The van der Waals surface area contributed by atoms with Gasteiger partial charge in [0.05, 0.1) is 22.3 Å². The molecule has 2 heterocycles. The van der Waals surface area contributed by atoms with E-state index in [-0.39, 0.29) is 23.6 Å². The SMILES string of the molecule is CC(C)C[C@H](C)CN1C(=O)c2ccccc2C1=O.CC(C)C[C@H](C)CO.O=C1NC(=O)c2ccccc21. The number of aliphatic hydroxyl groups excluding tert-OH is 1. The van der Waals surface area contributed by atoms with Crippen LogP contribution in [-0.2, 0) is 0 Å². The van der Waals surface area contributed by atoms with Crippen LogP contribution < -0.4 is 5.32 Å². The molecule has 0 saturated heterocycles. The Hall–Kier alpha value is -3.32. The summed E-state index contributed by atoms with van der Waals surface area (Å²) in [7, 11) is 0. The molecule has 0 spiro atoms. The number of nitrogens with zero attached hydrogens (tertiary/aromatic N) is 1. The van der Waals surface area contributed by atoms with Crippen molar-refractivity contribution < 1.29 is 24.3 Å². The number of benzene rings is 2. The zero-order valence-corrected chi connectivity index (χ0v) is 22.8. The average Bonchev–Trinajstić information content (AvgIpc) is 3.27. The number of hydrogen-bond donors (Lipinski definition) is 2. The lowest BCUT2D eigenvalue weighted by atomic mass is 9.98. The Balaban J connectivity index is 0.000000216. The highest BCUT2D eigenvalue weighted by Gasteiger charge is 2.35. The molecule has 0 radical (unpaired) electrons. The first-order valence-corrected chi connectivity index (χ1v) is 13.0. The molecule has 0 fully saturated rings. The minimum atomic E-state index is -0.300. The number of carbonyl (C=O) groups is 4. The molecule has 2 N–H and O–H groups in total. The molecule has 2 atom stereocenters. The Bertz CT molecular complexity index is 1040. The zero-order valence-electron chi connectivity index (χ0n) is 22.8. The third kappa shape index (κ3) is 8.35. The summed E-state index contributed by atoms with van der Waals surface area (Å²) >= 11 is 0. The average molecular weight is 509 g/mol. The van der Waals surface area contributed by atoms with Gasteiger partial charge < -0.3 is 5.11 Å². The lowest BCUT2D eigenvalue weighted by Gasteiger charge is -2.20. The van der Waals surface area contributed by atoms with Crippen LogP contribution in [0.3, 0.4) is 0 Å². The minimum Gasteiger partial charge on any atom is -0.396 e. The maximum Gasteiger partial charge on any atom is 0.261 e. The number of imide groups is 2. The van der Waals surface area contributed by atoms with E-state index in [0.717, 1.165) is 18.8 Å². The van der Waals surface area contributed by atoms with Gasteiger partial charge in [0, 0.05) is 13.2 Å². The van der Waals surface area contributed by atoms with Crippen molar-refractivity contribution in [1.82, 2.24) is 10.2 Å². The van der Waals surface area contributed by atoms with Crippen molar-refractivity contribution in [1.29, 1.82) is 0 Å². The fourth-order valence-electron chi connectivity index (χ4n) is 4.59. The fourth-order valence-corrected chi connectivity index (χ4v) is 4.59. The third-order valence-corrected chi connectivity index (χ3v) is 6.08. The Kier molecular flexibility index (Phi) is 11.2. The van der Waals surface area contributed by atoms with Crippen LogP contribution in [0.25, 0.3) is 0 Å². The maximum atomic E-state index is 12.1. The third-order valence-electron chi connectivity index (χ3n) is 6.08. The summed E-state index contributed by atoms with van der Waals surface area (Å²) in [4.78, 5) is 47.5. The van der Waals surface area contributed by atoms with Gasteiger partial charge in [0.15, 0.2) is 0 Å². The highest BCUT2D eigenvalue weighted by atomic mass is 16.3. The number of fused-ring (bicyclic) bond motifs is 2. The molecule has 7 heteroatoms. The van der Waals surface area contributed by atoms with Crippen LogP contribution in [0.2, 0.25) is 0 Å². The van der Waals surface area contributed by atoms with E-state index in [1.807, 2.05) is 0 Å². The van der Waals surface area contributed by atoms with Crippen LogP contribution in [-0.4, -0.2) is 46.8 Å². The van der Waals surface area contributed by atoms with Gasteiger partial charge in [-0.25, -0.2) is 0 Å². The first kappa shape index (κ1) is 29.9. The highest BCUT2D eigenvalue weighted by Crippen LogP contribution is 2.24. The van der Waals surface area contributed by atoms with Crippen molar-refractivity contribution in [2.24, 2.45) is 23.7 Å². The van der Waals surface area contributed by atoms with Gasteiger partial charge in [0.2, 0.25) is 0 Å². The number of rotatable bonds is 7. The van der Waals surface area contributed by atoms with Crippen LogP contribution in [0, 0.1) is 23.7 Å². The summed E-state index contributed by atoms with van der Waals surface area (Å²) in [6, 6.07) is 13.8. The largest absolute Gasteiger partial charge is 0.396 e. The fraction of sp³-hybridized carbons (Fsp3) is 0.467. The van der Waals surface area contributed by atoms with E-state index in [9.17, 15) is 19.2 Å². The predicted molar refractivity (Wildman–Crippen MR) is 144 cm³/mol. The summed E-state index contributed by atoms with van der Waals surface area (Å²) in [6.45, 7) is 13.7. The molecule has 4 amide bonds. The van der Waals surface area contributed by atoms with Crippen molar-refractivity contribution in [3.8, 4) is 0 Å². The van der Waals surface area contributed by atoms with E-state index in [4.69, 9.17) is 5.11 Å². The highest BCUT2D eigenvalue weighted by molar-refractivity contribution is 6.22. The van der Waals surface area contributed by atoms with Crippen molar-refractivity contribution in [3.63, 3.8) is 0 Å². The van der Waals surface area contributed by atoms with Gasteiger partial charge in [-0.1, -0.05) is 65.8 Å². The smallest absolute Gasteiger partial charge is 0.261 e. The van der Waals surface area contributed by atoms with Crippen molar-refractivity contribution in [3.05, 3.63) is 70.8 Å². The molecule has 0 unspecified atom stereocenters. The monoisotopic (exact) mass is 508 g/mol. The Labute approximate surface area is 220 Å². The van der Waals surface area contributed by atoms with E-state index in [2.05, 4.69) is 46.9 Å². The van der Waals surface area contributed by atoms with Crippen LogP contribution >= 0.6 is 0 Å². The van der Waals surface area contributed by atoms with Gasteiger partial charge in [0.1, 0.15) is 0 Å². The van der Waals surface area contributed by atoms with Crippen LogP contribution in [0.5, 0.6) is 0 Å². The lowest BCUT2D eigenvalue weighted by Crippen LogP contribution is -2.34. The Morgan fingerprint density at radius 3 is 1.38 bits per heavy atom. The van der Waals surface area contributed by atoms with Gasteiger partial charge in [-0.3, -0.25) is 29.4 Å². The maximum absolute atomic E-state index is 12.1. The second kappa shape index (κ2) is 13.8. The molecule has 4 rings (SSSR count). The Morgan fingerprint density at radius 1 is 0.649 bits per heavy atom. The van der Waals surface area contributed by atoms with E-state index in [0.29, 0.717) is 53.2 Å². The van der Waals surface area contributed by atoms with E-state index >= 15 is 0 Å². The van der Waals surface area contributed by atoms with E-state index in [1.165, 1.54) is 4.90 Å². The molecule has 0 aromatic heterocycles. The molecule has 2 aromatic rings. The minimum absolute atomic E-state index is 0.147. The number of amides is 4. The van der Waals surface area contributed by atoms with E-state index in [1.54, 1.807) is 48.5 Å². The molecule has 0 bridgehead atoms. The summed E-state index contributed by atoms with van der Waals surface area (Å²) < 4.78 is 0. The molecule has 37 heavy (non-hydrogen) atoms. The molecule has 2 aromatic carbocycles. The van der Waals surface area contributed by atoms with E-state index < -0.39 is 0 Å². The van der Waals surface area contributed by atoms with Gasteiger partial charge in [0.25, 0.3) is 23.6 Å². The molecule has 0 saturated carbocycles. The zero-order chi connectivity index (χ0) is 27.7. The summed E-state index contributed by atoms with van der Waals surface area (Å²) in [5.41, 5.74) is 2.02. The van der Waals surface area contributed by atoms with Crippen molar-refractivity contribution >= 4 is 23.6 Å². The van der Waals surface area contributed by atoms with Gasteiger partial charge >= 0.3 is 0 Å². The van der Waals surface area contributed by atoms with Gasteiger partial charge in [-0.05, 0) is 60.8 Å². The molecule has 2 aliphatic rings. The normalized spacial score (nSPS) is 15.4. The number of aliphatic hydroxyl groups is 1. The molecular formula is C30H40N2O5. The van der Waals surface area contributed by atoms with Gasteiger partial charge in [-0.2, -0.15) is 0 Å². The number of hydrogen-bond acceptors (Lipinski definition) is 5. The van der Waals surface area contributed by atoms with Crippen LogP contribution in [0.15, 0.2) is 48.5 Å². The standard InChI is InChI=1S/C15H19NO2.C8H5NO2.C7H16O/c1-10(2)8-11(3)9-16-14(17)12-6-4-5-7-13(12)15(16)18;10-7-5-3-1-2-4-6(5)8(11)9-7;1-6(2)4-7(3)5-8/h4-7,10-11H,8-9H2,1-3H3;1-4H,(H,9,10,11);6-8H,4-5H2,1-3H3/t11-;;7-/m0.0/s1. The first-order valence-electron chi connectivity index (χ1n) is 13.0. The summed E-state index contributed by atoms with van der Waals surface area (Å²) in [6.07, 6.45) is 2.16. The number of carbonyl (C=O) groups excluding carboxylic acids is 4. The van der Waals surface area contributed by atoms with Crippen molar-refractivity contribution in [2.45, 2.75) is 54.4 Å². The summed E-state index contributed by atoms with van der Waals surface area (Å²) in [5, 5.41) is 10.8. The Morgan fingerprint density at radius 2 is 1.03 bits per heavy atom. The first-order chi connectivity index (χ1) is 17.5. The van der Waals surface area contributed by atoms with Crippen LogP contribution in [0.4, 0.5) is 0 Å². The van der Waals surface area contributed by atoms with Crippen molar-refractivity contribution in [2.75, 3.05) is 13.2 Å². The molecule has 0 aliphatic carbocycles. The lowest BCUT2D eigenvalue weighted by molar-refractivity contribution is 0.0626. The second-order valence-electron chi connectivity index (χ2n) is 10.7. The molecular weight excluding hydrogens is 468 g/mol. The number of nitrogens with one attached hydrogen (secondary N) is 1. The molecule has 200 valence electrons. The topological polar surface area (TPSA) is 104 Å². The second-order valence-corrected chi connectivity index (χ2v) is 10.7. The van der Waals surface area contributed by atoms with Crippen LogP contribution in [0.1, 0.15) is 95.8 Å². The molecule has 7 nitrogen and oxygen atoms in total.